The minimum atomic E-state index is -3.95. The molecule has 0 aliphatic rings. The van der Waals surface area contributed by atoms with Gasteiger partial charge < -0.3 is 10.3 Å². The number of benzene rings is 3. The lowest BCUT2D eigenvalue weighted by molar-refractivity contribution is -0.117. The fourth-order valence-corrected chi connectivity index (χ4v) is 5.07. The van der Waals surface area contributed by atoms with Crippen molar-refractivity contribution in [1.82, 2.24) is 9.71 Å². The maximum Gasteiger partial charge on any atom is 0.242 e. The second kappa shape index (κ2) is 9.91. The van der Waals surface area contributed by atoms with Crippen LogP contribution in [0.1, 0.15) is 16.7 Å². The Morgan fingerprint density at radius 2 is 1.82 bits per heavy atom. The largest absolute Gasteiger partial charge is 0.361 e. The molecule has 1 aromatic heterocycles. The van der Waals surface area contributed by atoms with E-state index in [1.807, 2.05) is 37.3 Å². The summed E-state index contributed by atoms with van der Waals surface area (Å²) in [6, 6.07) is 22.1. The number of nitrogens with one attached hydrogen (secondary N) is 3. The minimum Gasteiger partial charge on any atom is -0.361 e. The van der Waals surface area contributed by atoms with E-state index in [2.05, 4.69) is 21.1 Å². The molecular formula is C26H24N4O3S. The molecular weight excluding hydrogens is 448 g/mol. The molecule has 0 aliphatic heterocycles. The molecule has 4 rings (SSSR count). The van der Waals surface area contributed by atoms with Gasteiger partial charge in [0, 0.05) is 22.8 Å². The lowest BCUT2D eigenvalue weighted by Crippen LogP contribution is -2.45. The Bertz CT molecular complexity index is 1470. The Labute approximate surface area is 198 Å². The summed E-state index contributed by atoms with van der Waals surface area (Å²) in [5.41, 5.74) is 3.89. The van der Waals surface area contributed by atoms with Crippen molar-refractivity contribution < 1.29 is 13.2 Å². The van der Waals surface area contributed by atoms with E-state index in [1.54, 1.807) is 42.6 Å². The molecule has 3 aromatic carbocycles. The van der Waals surface area contributed by atoms with Gasteiger partial charge in [-0.2, -0.15) is 9.98 Å². The first-order chi connectivity index (χ1) is 16.4. The number of fused-ring (bicyclic) bond motifs is 1. The van der Waals surface area contributed by atoms with Gasteiger partial charge in [-0.05, 0) is 60.4 Å². The molecule has 0 saturated heterocycles. The van der Waals surface area contributed by atoms with Crippen molar-refractivity contribution in [3.8, 4) is 6.07 Å². The molecule has 0 radical (unpaired) electrons. The Morgan fingerprint density at radius 1 is 1.06 bits per heavy atom. The third kappa shape index (κ3) is 5.34. The SMILES string of the molecule is Cc1cccc(S(=O)(=O)NC(Cc2c[nH]c3ccccc23)C(=O)Nc2ccc(CC#N)cc2)c1. The summed E-state index contributed by atoms with van der Waals surface area (Å²) in [7, 11) is -3.95. The van der Waals surface area contributed by atoms with E-state index >= 15 is 0 Å². The molecule has 1 amide bonds. The van der Waals surface area contributed by atoms with Crippen molar-refractivity contribution in [2.45, 2.75) is 30.7 Å². The number of anilines is 1. The molecule has 8 heteroatoms. The lowest BCUT2D eigenvalue weighted by atomic mass is 10.0. The quantitative estimate of drug-likeness (QED) is 0.359. The van der Waals surface area contributed by atoms with Crippen LogP contribution in [0.2, 0.25) is 0 Å². The Hall–Kier alpha value is -3.93. The molecule has 1 atom stereocenters. The van der Waals surface area contributed by atoms with Crippen molar-refractivity contribution in [2.24, 2.45) is 0 Å². The number of aryl methyl sites for hydroxylation is 1. The molecule has 34 heavy (non-hydrogen) atoms. The van der Waals surface area contributed by atoms with Gasteiger partial charge in [-0.3, -0.25) is 4.79 Å². The van der Waals surface area contributed by atoms with E-state index in [0.29, 0.717) is 5.69 Å². The number of amides is 1. The number of aromatic amines is 1. The number of nitriles is 1. The number of nitrogens with zero attached hydrogens (tertiary/aromatic N) is 1. The van der Waals surface area contributed by atoms with Crippen molar-refractivity contribution in [1.29, 1.82) is 5.26 Å². The third-order valence-corrected chi connectivity index (χ3v) is 6.99. The molecule has 0 fully saturated rings. The molecule has 3 N–H and O–H groups in total. The summed E-state index contributed by atoms with van der Waals surface area (Å²) in [4.78, 5) is 16.5. The van der Waals surface area contributed by atoms with Crippen molar-refractivity contribution >= 4 is 32.5 Å². The lowest BCUT2D eigenvalue weighted by Gasteiger charge is -2.19. The van der Waals surface area contributed by atoms with Gasteiger partial charge in [-0.15, -0.1) is 0 Å². The fraction of sp³-hybridized carbons (Fsp3) is 0.154. The van der Waals surface area contributed by atoms with Crippen LogP contribution in [0.25, 0.3) is 10.9 Å². The molecule has 0 saturated carbocycles. The number of carbonyl (C=O) groups excluding carboxylic acids is 1. The summed E-state index contributed by atoms with van der Waals surface area (Å²) < 4.78 is 28.9. The molecule has 0 bridgehead atoms. The number of H-pyrrole nitrogens is 1. The normalized spacial score (nSPS) is 12.2. The van der Waals surface area contributed by atoms with Crippen LogP contribution in [0.15, 0.2) is 83.9 Å². The van der Waals surface area contributed by atoms with Crippen LogP contribution in [-0.2, 0) is 27.7 Å². The zero-order valence-electron chi connectivity index (χ0n) is 18.6. The summed E-state index contributed by atoms with van der Waals surface area (Å²) in [6.45, 7) is 1.81. The number of hydrogen-bond acceptors (Lipinski definition) is 4. The number of rotatable bonds is 8. The maximum atomic E-state index is 13.3. The summed E-state index contributed by atoms with van der Waals surface area (Å²) in [5, 5.41) is 12.6. The highest BCUT2D eigenvalue weighted by molar-refractivity contribution is 7.89. The van der Waals surface area contributed by atoms with E-state index in [0.717, 1.165) is 27.6 Å². The van der Waals surface area contributed by atoms with Crippen LogP contribution >= 0.6 is 0 Å². The standard InChI is InChI=1S/C26H24N4O3S/c1-18-5-4-6-22(15-18)34(32,33)30-25(16-20-17-28-24-8-3-2-7-23(20)24)26(31)29-21-11-9-19(10-12-21)13-14-27/h2-12,15,17,25,28,30H,13,16H2,1H3,(H,29,31). The zero-order chi connectivity index (χ0) is 24.1. The van der Waals surface area contributed by atoms with Gasteiger partial charge in [0.15, 0.2) is 0 Å². The van der Waals surface area contributed by atoms with Gasteiger partial charge in [-0.25, -0.2) is 8.42 Å². The number of carbonyl (C=O) groups is 1. The molecule has 4 aromatic rings. The van der Waals surface area contributed by atoms with Crippen molar-refractivity contribution in [3.05, 3.63) is 95.7 Å². The van der Waals surface area contributed by atoms with Crippen molar-refractivity contribution in [3.63, 3.8) is 0 Å². The van der Waals surface area contributed by atoms with E-state index in [-0.39, 0.29) is 17.7 Å². The summed E-state index contributed by atoms with van der Waals surface area (Å²) in [6.07, 6.45) is 2.23. The van der Waals surface area contributed by atoms with Gasteiger partial charge in [0.1, 0.15) is 6.04 Å². The first-order valence-electron chi connectivity index (χ1n) is 10.8. The van der Waals surface area contributed by atoms with Gasteiger partial charge >= 0.3 is 0 Å². The Balaban J connectivity index is 1.62. The monoisotopic (exact) mass is 472 g/mol. The van der Waals surface area contributed by atoms with Gasteiger partial charge in [0.2, 0.25) is 15.9 Å². The van der Waals surface area contributed by atoms with Crippen LogP contribution < -0.4 is 10.0 Å². The molecule has 1 heterocycles. The average molecular weight is 473 g/mol. The number of hydrogen-bond donors (Lipinski definition) is 3. The van der Waals surface area contributed by atoms with Crippen LogP contribution in [0.3, 0.4) is 0 Å². The van der Waals surface area contributed by atoms with Crippen LogP contribution in [0.5, 0.6) is 0 Å². The molecule has 7 nitrogen and oxygen atoms in total. The van der Waals surface area contributed by atoms with E-state index in [9.17, 15) is 13.2 Å². The highest BCUT2D eigenvalue weighted by atomic mass is 32.2. The number of aromatic nitrogens is 1. The molecule has 0 aliphatic carbocycles. The second-order valence-corrected chi connectivity index (χ2v) is 9.79. The van der Waals surface area contributed by atoms with Crippen LogP contribution in [0.4, 0.5) is 5.69 Å². The van der Waals surface area contributed by atoms with Gasteiger partial charge in [0.05, 0.1) is 17.4 Å². The van der Waals surface area contributed by atoms with Crippen molar-refractivity contribution in [2.75, 3.05) is 5.32 Å². The Kier molecular flexibility index (Phi) is 6.77. The first-order valence-corrected chi connectivity index (χ1v) is 12.2. The average Bonchev–Trinajstić information content (AvgIpc) is 3.23. The topological polar surface area (TPSA) is 115 Å². The van der Waals surface area contributed by atoms with E-state index < -0.39 is 22.0 Å². The van der Waals surface area contributed by atoms with Crippen LogP contribution in [0, 0.1) is 18.3 Å². The molecule has 1 unspecified atom stereocenters. The molecule has 172 valence electrons. The first kappa shape index (κ1) is 23.2. The zero-order valence-corrected chi connectivity index (χ0v) is 19.4. The smallest absolute Gasteiger partial charge is 0.242 e. The van der Waals surface area contributed by atoms with Gasteiger partial charge in [0.25, 0.3) is 0 Å². The van der Waals surface area contributed by atoms with E-state index in [4.69, 9.17) is 5.26 Å². The second-order valence-electron chi connectivity index (χ2n) is 8.08. The number of para-hydroxylation sites is 1. The number of sulfonamides is 1. The van der Waals surface area contributed by atoms with E-state index in [1.165, 1.54) is 6.07 Å². The summed E-state index contributed by atoms with van der Waals surface area (Å²) in [5.74, 6) is -0.477. The summed E-state index contributed by atoms with van der Waals surface area (Å²) >= 11 is 0. The maximum absolute atomic E-state index is 13.3. The van der Waals surface area contributed by atoms with Crippen LogP contribution in [-0.4, -0.2) is 25.4 Å². The highest BCUT2D eigenvalue weighted by Crippen LogP contribution is 2.21. The van der Waals surface area contributed by atoms with Gasteiger partial charge in [-0.1, -0.05) is 42.5 Å². The predicted molar refractivity (Wildman–Crippen MR) is 132 cm³/mol. The molecule has 0 spiro atoms. The third-order valence-electron chi connectivity index (χ3n) is 5.52. The predicted octanol–water partition coefficient (Wildman–Crippen LogP) is 4.07. The highest BCUT2D eigenvalue weighted by Gasteiger charge is 2.27. The fourth-order valence-electron chi connectivity index (χ4n) is 3.77. The Morgan fingerprint density at radius 3 is 2.56 bits per heavy atom. The minimum absolute atomic E-state index is 0.102.